The lowest BCUT2D eigenvalue weighted by Crippen LogP contribution is -2.39. The van der Waals surface area contributed by atoms with Gasteiger partial charge in [0.2, 0.25) is 5.91 Å². The van der Waals surface area contributed by atoms with Crippen molar-refractivity contribution in [1.82, 2.24) is 4.90 Å². The molecule has 5 nitrogen and oxygen atoms in total. The molecule has 29 heavy (non-hydrogen) atoms. The number of nitrogens with zero attached hydrogens (tertiary/aromatic N) is 1. The number of rotatable bonds is 5. The molecular formula is C21H19Cl2NO4S. The van der Waals surface area contributed by atoms with E-state index in [9.17, 15) is 14.7 Å². The highest BCUT2D eigenvalue weighted by Gasteiger charge is 2.26. The van der Waals surface area contributed by atoms with Gasteiger partial charge in [0.25, 0.3) is 0 Å². The van der Waals surface area contributed by atoms with E-state index in [1.165, 1.54) is 17.8 Å². The standard InChI is InChI=1S/C21H19Cl2NO4S/c22-19-13(6-8-18(26)24-11-9-14(10-12-24)21(27)28)5-7-17(20(19)23)29-16-4-2-1-3-15(16)25/h1-8,14,25H,9-12H2,(H,27,28). The Bertz CT molecular complexity index is 956. The summed E-state index contributed by atoms with van der Waals surface area (Å²) in [6.45, 7) is 0.843. The van der Waals surface area contributed by atoms with Crippen LogP contribution in [0.25, 0.3) is 6.08 Å². The molecule has 1 aliphatic heterocycles. The summed E-state index contributed by atoms with van der Waals surface area (Å²) < 4.78 is 0. The highest BCUT2D eigenvalue weighted by atomic mass is 35.5. The first kappa shape index (κ1) is 21.6. The van der Waals surface area contributed by atoms with Crippen molar-refractivity contribution in [2.75, 3.05) is 13.1 Å². The van der Waals surface area contributed by atoms with E-state index < -0.39 is 5.97 Å². The van der Waals surface area contributed by atoms with Crippen molar-refractivity contribution in [3.8, 4) is 5.75 Å². The molecule has 0 aliphatic carbocycles. The topological polar surface area (TPSA) is 77.8 Å². The van der Waals surface area contributed by atoms with E-state index >= 15 is 0 Å². The summed E-state index contributed by atoms with van der Waals surface area (Å²) in [5.74, 6) is -1.22. The van der Waals surface area contributed by atoms with Crippen LogP contribution in [0.5, 0.6) is 5.75 Å². The van der Waals surface area contributed by atoms with Crippen LogP contribution in [-0.2, 0) is 9.59 Å². The van der Waals surface area contributed by atoms with Crippen LogP contribution in [0.1, 0.15) is 18.4 Å². The fraction of sp³-hybridized carbons (Fsp3) is 0.238. The van der Waals surface area contributed by atoms with E-state index in [0.29, 0.717) is 51.3 Å². The van der Waals surface area contributed by atoms with Gasteiger partial charge in [0.1, 0.15) is 5.75 Å². The van der Waals surface area contributed by atoms with Gasteiger partial charge in [-0.15, -0.1) is 0 Å². The highest BCUT2D eigenvalue weighted by Crippen LogP contribution is 2.41. The molecule has 0 spiro atoms. The third-order valence-corrected chi connectivity index (χ3v) is 6.86. The molecule has 2 aromatic carbocycles. The largest absolute Gasteiger partial charge is 0.507 e. The maximum absolute atomic E-state index is 12.4. The smallest absolute Gasteiger partial charge is 0.306 e. The van der Waals surface area contributed by atoms with E-state index in [0.717, 1.165) is 0 Å². The fourth-order valence-electron chi connectivity index (χ4n) is 3.03. The van der Waals surface area contributed by atoms with Crippen molar-refractivity contribution in [1.29, 1.82) is 0 Å². The Kier molecular flexibility index (Phi) is 7.11. The minimum Gasteiger partial charge on any atom is -0.507 e. The Labute approximate surface area is 182 Å². The molecule has 0 aromatic heterocycles. The molecule has 0 saturated carbocycles. The summed E-state index contributed by atoms with van der Waals surface area (Å²) in [4.78, 5) is 26.4. The summed E-state index contributed by atoms with van der Waals surface area (Å²) in [5, 5.41) is 19.6. The number of phenols is 1. The van der Waals surface area contributed by atoms with Gasteiger partial charge < -0.3 is 15.1 Å². The van der Waals surface area contributed by atoms with Gasteiger partial charge >= 0.3 is 5.97 Å². The molecule has 0 unspecified atom stereocenters. The minimum atomic E-state index is -0.809. The van der Waals surface area contributed by atoms with Gasteiger partial charge in [-0.1, -0.05) is 53.2 Å². The predicted molar refractivity (Wildman–Crippen MR) is 115 cm³/mol. The van der Waals surface area contributed by atoms with E-state index in [-0.39, 0.29) is 17.6 Å². The molecule has 1 fully saturated rings. The van der Waals surface area contributed by atoms with E-state index in [2.05, 4.69) is 0 Å². The Balaban J connectivity index is 1.68. The summed E-state index contributed by atoms with van der Waals surface area (Å²) in [7, 11) is 0. The molecule has 1 amide bonds. The second kappa shape index (κ2) is 9.57. The summed E-state index contributed by atoms with van der Waals surface area (Å²) in [6, 6.07) is 10.5. The zero-order valence-electron chi connectivity index (χ0n) is 15.3. The number of carbonyl (C=O) groups is 2. The van der Waals surface area contributed by atoms with Crippen molar-refractivity contribution >= 4 is 52.9 Å². The molecule has 0 bridgehead atoms. The van der Waals surface area contributed by atoms with Crippen molar-refractivity contribution in [2.24, 2.45) is 5.92 Å². The number of carboxylic acid groups (broad SMARTS) is 1. The number of hydrogen-bond acceptors (Lipinski definition) is 4. The zero-order valence-corrected chi connectivity index (χ0v) is 17.7. The Morgan fingerprint density at radius 2 is 1.72 bits per heavy atom. The van der Waals surface area contributed by atoms with Gasteiger partial charge in [-0.2, -0.15) is 0 Å². The van der Waals surface area contributed by atoms with Gasteiger partial charge in [0.05, 0.1) is 20.9 Å². The lowest BCUT2D eigenvalue weighted by atomic mass is 9.97. The van der Waals surface area contributed by atoms with Gasteiger partial charge in [0.15, 0.2) is 0 Å². The molecule has 2 N–H and O–H groups in total. The molecule has 1 aliphatic rings. The van der Waals surface area contributed by atoms with Crippen LogP contribution >= 0.6 is 35.0 Å². The maximum Gasteiger partial charge on any atom is 0.306 e. The first-order valence-electron chi connectivity index (χ1n) is 9.00. The average molecular weight is 452 g/mol. The Hall–Kier alpha value is -2.15. The maximum atomic E-state index is 12.4. The molecule has 8 heteroatoms. The Morgan fingerprint density at radius 1 is 1.03 bits per heavy atom. The predicted octanol–water partition coefficient (Wildman–Crippen LogP) is 5.19. The number of aromatic hydroxyl groups is 1. The van der Waals surface area contributed by atoms with Gasteiger partial charge in [-0.05, 0) is 42.7 Å². The van der Waals surface area contributed by atoms with Crippen LogP contribution in [0.4, 0.5) is 0 Å². The van der Waals surface area contributed by atoms with Crippen LogP contribution in [0.3, 0.4) is 0 Å². The third kappa shape index (κ3) is 5.26. The summed E-state index contributed by atoms with van der Waals surface area (Å²) >= 11 is 14.1. The molecule has 0 radical (unpaired) electrons. The average Bonchev–Trinajstić information content (AvgIpc) is 2.72. The number of amides is 1. The van der Waals surface area contributed by atoms with Crippen LogP contribution < -0.4 is 0 Å². The van der Waals surface area contributed by atoms with E-state index in [1.807, 2.05) is 6.07 Å². The van der Waals surface area contributed by atoms with Crippen LogP contribution in [0.2, 0.25) is 10.0 Å². The summed E-state index contributed by atoms with van der Waals surface area (Å²) in [6.07, 6.45) is 3.95. The number of piperidine rings is 1. The fourth-order valence-corrected chi connectivity index (χ4v) is 4.49. The third-order valence-electron chi connectivity index (χ3n) is 4.72. The number of phenolic OH excluding ortho intramolecular Hbond substituents is 1. The second-order valence-electron chi connectivity index (χ2n) is 6.62. The van der Waals surface area contributed by atoms with Gasteiger partial charge in [-0.25, -0.2) is 0 Å². The molecule has 0 atom stereocenters. The monoisotopic (exact) mass is 451 g/mol. The van der Waals surface area contributed by atoms with Gasteiger partial charge in [-0.3, -0.25) is 9.59 Å². The number of hydrogen-bond donors (Lipinski definition) is 2. The van der Waals surface area contributed by atoms with E-state index in [4.69, 9.17) is 28.3 Å². The van der Waals surface area contributed by atoms with Crippen LogP contribution in [-0.4, -0.2) is 40.1 Å². The SMILES string of the molecule is O=C(O)C1CCN(C(=O)C=Cc2ccc(Sc3ccccc3O)c(Cl)c2Cl)CC1. The number of carboxylic acids is 1. The van der Waals surface area contributed by atoms with Crippen LogP contribution in [0.15, 0.2) is 52.3 Å². The molecular weight excluding hydrogens is 433 g/mol. The molecule has 3 rings (SSSR count). The van der Waals surface area contributed by atoms with Crippen molar-refractivity contribution in [3.63, 3.8) is 0 Å². The number of likely N-dealkylation sites (tertiary alicyclic amines) is 1. The lowest BCUT2D eigenvalue weighted by Gasteiger charge is -2.29. The highest BCUT2D eigenvalue weighted by molar-refractivity contribution is 7.99. The quantitative estimate of drug-likeness (QED) is 0.611. The number of para-hydroxylation sites is 1. The number of benzene rings is 2. The first-order valence-corrected chi connectivity index (χ1v) is 10.6. The van der Waals surface area contributed by atoms with Crippen molar-refractivity contribution in [2.45, 2.75) is 22.6 Å². The minimum absolute atomic E-state index is 0.158. The summed E-state index contributed by atoms with van der Waals surface area (Å²) in [5.41, 5.74) is 0.604. The van der Waals surface area contributed by atoms with Gasteiger partial charge in [0, 0.05) is 24.1 Å². The molecule has 1 saturated heterocycles. The first-order chi connectivity index (χ1) is 13.9. The zero-order chi connectivity index (χ0) is 21.0. The normalized spacial score (nSPS) is 15.0. The molecule has 2 aromatic rings. The van der Waals surface area contributed by atoms with Crippen molar-refractivity contribution in [3.05, 3.63) is 58.1 Å². The van der Waals surface area contributed by atoms with E-state index in [1.54, 1.807) is 41.3 Å². The number of carbonyl (C=O) groups excluding carboxylic acids is 1. The molecule has 152 valence electrons. The number of halogens is 2. The lowest BCUT2D eigenvalue weighted by molar-refractivity contribution is -0.144. The van der Waals surface area contributed by atoms with Crippen molar-refractivity contribution < 1.29 is 19.8 Å². The second-order valence-corrected chi connectivity index (χ2v) is 8.46. The van der Waals surface area contributed by atoms with Crippen LogP contribution in [0, 0.1) is 5.92 Å². The Morgan fingerprint density at radius 3 is 2.38 bits per heavy atom. The number of aliphatic carboxylic acids is 1. The molecule has 1 heterocycles.